The average molecular weight is 333 g/mol. The van der Waals surface area contributed by atoms with Crippen molar-refractivity contribution in [2.75, 3.05) is 13.3 Å². The van der Waals surface area contributed by atoms with Crippen molar-refractivity contribution in [3.63, 3.8) is 0 Å². The largest absolute Gasteiger partial charge is 0.334 e. The van der Waals surface area contributed by atoms with Crippen molar-refractivity contribution in [3.05, 3.63) is 65.2 Å². The zero-order valence-electron chi connectivity index (χ0n) is 13.3. The molecule has 2 aromatic rings. The van der Waals surface area contributed by atoms with Crippen molar-refractivity contribution in [2.24, 2.45) is 0 Å². The molecule has 0 atom stereocenters. The van der Waals surface area contributed by atoms with E-state index in [0.29, 0.717) is 13.1 Å². The summed E-state index contributed by atoms with van der Waals surface area (Å²) >= 11 is 1.62. The number of nitrogens with zero attached hydrogens (tertiary/aromatic N) is 2. The molecule has 0 saturated carbocycles. The van der Waals surface area contributed by atoms with E-state index in [9.17, 15) is 9.18 Å². The Hall–Kier alpha value is -2.08. The van der Waals surface area contributed by atoms with Gasteiger partial charge in [0.1, 0.15) is 5.82 Å². The van der Waals surface area contributed by atoms with Crippen molar-refractivity contribution >= 4 is 17.8 Å². The maximum atomic E-state index is 13.3. The Bertz CT molecular complexity index is 652. The van der Waals surface area contributed by atoms with Gasteiger partial charge in [-0.25, -0.2) is 9.18 Å². The van der Waals surface area contributed by atoms with Gasteiger partial charge in [-0.15, -0.1) is 0 Å². The molecule has 0 fully saturated rings. The molecule has 2 amide bonds. The first kappa shape index (κ1) is 17.3. The number of carbonyl (C=O) groups excluding carboxylic acids is 1. The van der Waals surface area contributed by atoms with Crippen molar-refractivity contribution in [3.8, 4) is 0 Å². The second kappa shape index (κ2) is 8.53. The molecule has 1 aromatic carbocycles. The number of thioether (sulfide) groups is 1. The van der Waals surface area contributed by atoms with Gasteiger partial charge in [0.05, 0.1) is 0 Å². The Morgan fingerprint density at radius 2 is 2.00 bits per heavy atom. The molecule has 1 heterocycles. The molecule has 1 aromatic heterocycles. The lowest BCUT2D eigenvalue weighted by molar-refractivity contribution is 0.206. The molecule has 0 radical (unpaired) electrons. The van der Waals surface area contributed by atoms with E-state index in [1.165, 1.54) is 12.1 Å². The quantitative estimate of drug-likeness (QED) is 0.881. The second-order valence-corrected chi connectivity index (χ2v) is 6.08. The Balaban J connectivity index is 1.93. The first-order chi connectivity index (χ1) is 11.1. The van der Waals surface area contributed by atoms with E-state index in [1.54, 1.807) is 42.2 Å². The molecule has 0 unspecified atom stereocenters. The van der Waals surface area contributed by atoms with Gasteiger partial charge < -0.3 is 10.2 Å². The van der Waals surface area contributed by atoms with Gasteiger partial charge in [0.2, 0.25) is 0 Å². The topological polar surface area (TPSA) is 45.2 Å². The molecule has 4 nitrogen and oxygen atoms in total. The molecule has 0 aliphatic rings. The lowest BCUT2D eigenvalue weighted by Gasteiger charge is -2.18. The SMILES string of the molecule is CSCc1cc(F)ccc1CNC(=O)N(C)Cc1ccncc1. The molecule has 0 bridgehead atoms. The normalized spacial score (nSPS) is 10.4. The van der Waals surface area contributed by atoms with Gasteiger partial charge >= 0.3 is 6.03 Å². The summed E-state index contributed by atoms with van der Waals surface area (Å²) in [6.45, 7) is 0.894. The summed E-state index contributed by atoms with van der Waals surface area (Å²) in [5.74, 6) is 0.467. The van der Waals surface area contributed by atoms with Gasteiger partial charge in [0, 0.05) is 38.3 Å². The molecule has 122 valence electrons. The van der Waals surface area contributed by atoms with Gasteiger partial charge in [-0.05, 0) is 47.2 Å². The van der Waals surface area contributed by atoms with E-state index in [1.807, 2.05) is 18.4 Å². The highest BCUT2D eigenvalue weighted by molar-refractivity contribution is 7.97. The highest BCUT2D eigenvalue weighted by atomic mass is 32.2. The van der Waals surface area contributed by atoms with Crippen LogP contribution in [0.25, 0.3) is 0 Å². The number of benzene rings is 1. The van der Waals surface area contributed by atoms with Gasteiger partial charge in [-0.2, -0.15) is 11.8 Å². The summed E-state index contributed by atoms with van der Waals surface area (Å²) in [6.07, 6.45) is 5.37. The Morgan fingerprint density at radius 3 is 2.70 bits per heavy atom. The molecular weight excluding hydrogens is 313 g/mol. The zero-order valence-corrected chi connectivity index (χ0v) is 14.1. The van der Waals surface area contributed by atoms with Crippen LogP contribution in [0.5, 0.6) is 0 Å². The lowest BCUT2D eigenvalue weighted by Crippen LogP contribution is -2.36. The number of aromatic nitrogens is 1. The first-order valence-electron chi connectivity index (χ1n) is 7.24. The standard InChI is InChI=1S/C17H20FN3OS/c1-21(11-13-5-7-19-8-6-13)17(22)20-10-14-3-4-16(18)9-15(14)12-23-2/h3-9H,10-12H2,1-2H3,(H,20,22). The predicted molar refractivity (Wildman–Crippen MR) is 91.6 cm³/mol. The van der Waals surface area contributed by atoms with Crippen LogP contribution in [0.1, 0.15) is 16.7 Å². The van der Waals surface area contributed by atoms with E-state index < -0.39 is 0 Å². The zero-order chi connectivity index (χ0) is 16.7. The molecule has 0 aliphatic carbocycles. The van der Waals surface area contributed by atoms with E-state index in [4.69, 9.17) is 0 Å². The third kappa shape index (κ3) is 5.25. The van der Waals surface area contributed by atoms with Gasteiger partial charge in [-0.3, -0.25) is 4.98 Å². The van der Waals surface area contributed by atoms with Crippen LogP contribution in [-0.2, 0) is 18.8 Å². The molecule has 0 spiro atoms. The highest BCUT2D eigenvalue weighted by Crippen LogP contribution is 2.16. The van der Waals surface area contributed by atoms with Gasteiger partial charge in [-0.1, -0.05) is 6.07 Å². The number of hydrogen-bond donors (Lipinski definition) is 1. The predicted octanol–water partition coefficient (Wildman–Crippen LogP) is 3.43. The smallest absolute Gasteiger partial charge is 0.317 e. The Kier molecular flexibility index (Phi) is 6.40. The summed E-state index contributed by atoms with van der Waals surface area (Å²) in [6, 6.07) is 8.26. The number of urea groups is 1. The van der Waals surface area contributed by atoms with Crippen LogP contribution in [0.2, 0.25) is 0 Å². The molecule has 0 aliphatic heterocycles. The maximum Gasteiger partial charge on any atom is 0.317 e. The fraction of sp³-hybridized carbons (Fsp3) is 0.294. The molecule has 0 saturated heterocycles. The van der Waals surface area contributed by atoms with Crippen LogP contribution in [0.3, 0.4) is 0 Å². The summed E-state index contributed by atoms with van der Waals surface area (Å²) < 4.78 is 13.3. The number of nitrogens with one attached hydrogen (secondary N) is 1. The lowest BCUT2D eigenvalue weighted by atomic mass is 10.1. The minimum absolute atomic E-state index is 0.166. The third-order valence-electron chi connectivity index (χ3n) is 3.41. The molecule has 1 N–H and O–H groups in total. The Labute approximate surface area is 140 Å². The van der Waals surface area contributed by atoms with E-state index in [-0.39, 0.29) is 11.8 Å². The van der Waals surface area contributed by atoms with Gasteiger partial charge in [0.25, 0.3) is 0 Å². The van der Waals surface area contributed by atoms with Crippen LogP contribution < -0.4 is 5.32 Å². The summed E-state index contributed by atoms with van der Waals surface area (Å²) in [7, 11) is 1.74. The molecule has 2 rings (SSSR count). The van der Waals surface area contributed by atoms with Crippen LogP contribution in [0.4, 0.5) is 9.18 Å². The molecule has 23 heavy (non-hydrogen) atoms. The van der Waals surface area contributed by atoms with Crippen LogP contribution in [0.15, 0.2) is 42.7 Å². The highest BCUT2D eigenvalue weighted by Gasteiger charge is 2.10. The summed E-state index contributed by atoms with van der Waals surface area (Å²) in [5.41, 5.74) is 2.86. The number of halogens is 1. The number of amides is 2. The van der Waals surface area contributed by atoms with Gasteiger partial charge in [0.15, 0.2) is 0 Å². The van der Waals surface area contributed by atoms with Crippen molar-refractivity contribution in [2.45, 2.75) is 18.8 Å². The second-order valence-electron chi connectivity index (χ2n) is 5.22. The van der Waals surface area contributed by atoms with Crippen LogP contribution in [0, 0.1) is 5.82 Å². The van der Waals surface area contributed by atoms with Crippen molar-refractivity contribution in [1.29, 1.82) is 0 Å². The fourth-order valence-electron chi connectivity index (χ4n) is 2.20. The number of carbonyl (C=O) groups is 1. The number of rotatable bonds is 6. The van der Waals surface area contributed by atoms with Crippen LogP contribution >= 0.6 is 11.8 Å². The summed E-state index contributed by atoms with van der Waals surface area (Å²) in [5, 5.41) is 2.88. The average Bonchev–Trinajstić information content (AvgIpc) is 2.55. The van der Waals surface area contributed by atoms with E-state index >= 15 is 0 Å². The maximum absolute atomic E-state index is 13.3. The first-order valence-corrected chi connectivity index (χ1v) is 8.63. The van der Waals surface area contributed by atoms with Crippen molar-refractivity contribution in [1.82, 2.24) is 15.2 Å². The van der Waals surface area contributed by atoms with E-state index in [0.717, 1.165) is 22.4 Å². The molecule has 6 heteroatoms. The Morgan fingerprint density at radius 1 is 1.26 bits per heavy atom. The number of pyridine rings is 1. The third-order valence-corrected chi connectivity index (χ3v) is 4.01. The monoisotopic (exact) mass is 333 g/mol. The van der Waals surface area contributed by atoms with Crippen LogP contribution in [-0.4, -0.2) is 29.2 Å². The minimum atomic E-state index is -0.251. The fourth-order valence-corrected chi connectivity index (χ4v) is 2.78. The number of hydrogen-bond acceptors (Lipinski definition) is 3. The molecular formula is C17H20FN3OS. The summed E-state index contributed by atoms with van der Waals surface area (Å²) in [4.78, 5) is 17.7. The van der Waals surface area contributed by atoms with Crippen molar-refractivity contribution < 1.29 is 9.18 Å². The van der Waals surface area contributed by atoms with E-state index in [2.05, 4.69) is 10.3 Å². The minimum Gasteiger partial charge on any atom is -0.334 e.